The van der Waals surface area contributed by atoms with Crippen molar-refractivity contribution in [2.45, 2.75) is 19.8 Å². The third-order valence-electron chi connectivity index (χ3n) is 3.02. The molecule has 0 aliphatic rings. The third-order valence-corrected chi connectivity index (χ3v) is 3.02. The van der Waals surface area contributed by atoms with Crippen LogP contribution in [0.4, 0.5) is 0 Å². The number of nitrogens with zero attached hydrogens (tertiary/aromatic N) is 1. The van der Waals surface area contributed by atoms with Crippen LogP contribution in [0.5, 0.6) is 5.75 Å². The summed E-state index contributed by atoms with van der Waals surface area (Å²) in [6, 6.07) is 19.1. The summed E-state index contributed by atoms with van der Waals surface area (Å²) >= 11 is 0. The van der Waals surface area contributed by atoms with Gasteiger partial charge in [0.2, 0.25) is 0 Å². The molecule has 0 aromatic heterocycles. The molecule has 0 unspecified atom stereocenters. The highest BCUT2D eigenvalue weighted by atomic mass is 16.5. The number of carbonyl (C=O) groups is 1. The molecule has 4 heteroatoms. The lowest BCUT2D eigenvalue weighted by Gasteiger charge is -2.07. The Bertz CT molecular complexity index is 609. The maximum atomic E-state index is 11.8. The van der Waals surface area contributed by atoms with Crippen molar-refractivity contribution in [2.24, 2.45) is 5.10 Å². The number of rotatable bonds is 7. The lowest BCUT2D eigenvalue weighted by molar-refractivity contribution is -0.123. The Labute approximate surface area is 130 Å². The average molecular weight is 296 g/mol. The Balaban J connectivity index is 1.91. The van der Waals surface area contributed by atoms with Gasteiger partial charge in [0, 0.05) is 0 Å². The van der Waals surface area contributed by atoms with Gasteiger partial charge in [-0.3, -0.25) is 4.79 Å². The average Bonchev–Trinajstić information content (AvgIpc) is 2.58. The van der Waals surface area contributed by atoms with E-state index >= 15 is 0 Å². The first-order chi connectivity index (χ1) is 10.8. The lowest BCUT2D eigenvalue weighted by atomic mass is 10.1. The maximum absolute atomic E-state index is 11.8. The highest BCUT2D eigenvalue weighted by Gasteiger charge is 2.05. The summed E-state index contributed by atoms with van der Waals surface area (Å²) in [6.07, 6.45) is 1.77. The molecule has 0 atom stereocenters. The number of benzene rings is 2. The minimum atomic E-state index is -0.270. The van der Waals surface area contributed by atoms with Crippen LogP contribution in [0.25, 0.3) is 0 Å². The predicted molar refractivity (Wildman–Crippen MR) is 88.0 cm³/mol. The number of para-hydroxylation sites is 1. The molecule has 2 aromatic carbocycles. The van der Waals surface area contributed by atoms with Crippen molar-refractivity contribution in [3.63, 3.8) is 0 Å². The molecule has 0 fully saturated rings. The van der Waals surface area contributed by atoms with Crippen LogP contribution >= 0.6 is 0 Å². The number of nitrogens with one attached hydrogen (secondary N) is 1. The van der Waals surface area contributed by atoms with Crippen LogP contribution in [0.1, 0.15) is 25.3 Å². The van der Waals surface area contributed by atoms with Crippen molar-refractivity contribution in [3.8, 4) is 5.75 Å². The quantitative estimate of drug-likeness (QED) is 0.629. The molecule has 114 valence electrons. The van der Waals surface area contributed by atoms with Crippen LogP contribution < -0.4 is 10.2 Å². The smallest absolute Gasteiger partial charge is 0.277 e. The monoisotopic (exact) mass is 296 g/mol. The highest BCUT2D eigenvalue weighted by Crippen LogP contribution is 2.08. The van der Waals surface area contributed by atoms with Crippen LogP contribution in [-0.4, -0.2) is 18.2 Å². The topological polar surface area (TPSA) is 50.7 Å². The van der Waals surface area contributed by atoms with E-state index < -0.39 is 0 Å². The fourth-order valence-corrected chi connectivity index (χ4v) is 1.96. The van der Waals surface area contributed by atoms with Crippen molar-refractivity contribution >= 4 is 11.6 Å². The fourth-order valence-electron chi connectivity index (χ4n) is 1.96. The van der Waals surface area contributed by atoms with Crippen LogP contribution in [0, 0.1) is 0 Å². The Morgan fingerprint density at radius 2 is 1.68 bits per heavy atom. The summed E-state index contributed by atoms with van der Waals surface area (Å²) in [5.74, 6) is 0.395. The first-order valence-corrected chi connectivity index (χ1v) is 7.38. The zero-order valence-corrected chi connectivity index (χ0v) is 12.7. The van der Waals surface area contributed by atoms with Crippen LogP contribution in [0.15, 0.2) is 65.8 Å². The van der Waals surface area contributed by atoms with Gasteiger partial charge < -0.3 is 4.74 Å². The molecule has 0 saturated carbocycles. The number of hydrazone groups is 1. The lowest BCUT2D eigenvalue weighted by Crippen LogP contribution is -2.26. The molecule has 0 saturated heterocycles. The van der Waals surface area contributed by atoms with Crippen molar-refractivity contribution in [1.29, 1.82) is 0 Å². The van der Waals surface area contributed by atoms with Gasteiger partial charge in [0.25, 0.3) is 5.91 Å². The van der Waals surface area contributed by atoms with Crippen LogP contribution in [-0.2, 0) is 4.79 Å². The van der Waals surface area contributed by atoms with Gasteiger partial charge in [-0.2, -0.15) is 5.10 Å². The van der Waals surface area contributed by atoms with Crippen molar-refractivity contribution < 1.29 is 9.53 Å². The first-order valence-electron chi connectivity index (χ1n) is 7.38. The van der Waals surface area contributed by atoms with Gasteiger partial charge in [-0.1, -0.05) is 61.9 Å². The SMILES string of the molecule is CCC/C(=N/NC(=O)COc1ccccc1)c1ccccc1. The predicted octanol–water partition coefficient (Wildman–Crippen LogP) is 3.39. The van der Waals surface area contributed by atoms with E-state index in [1.165, 1.54) is 0 Å². The van der Waals surface area contributed by atoms with E-state index in [-0.39, 0.29) is 12.5 Å². The minimum absolute atomic E-state index is 0.0539. The molecule has 1 amide bonds. The van der Waals surface area contributed by atoms with Gasteiger partial charge in [-0.25, -0.2) is 5.43 Å². The van der Waals surface area contributed by atoms with E-state index in [9.17, 15) is 4.79 Å². The molecule has 0 aliphatic carbocycles. The molecule has 0 aliphatic heterocycles. The molecule has 0 heterocycles. The first kappa shape index (κ1) is 15.8. The van der Waals surface area contributed by atoms with Gasteiger partial charge in [0.15, 0.2) is 6.61 Å². The summed E-state index contributed by atoms with van der Waals surface area (Å²) in [5.41, 5.74) is 4.45. The second-order valence-electron chi connectivity index (χ2n) is 4.81. The largest absolute Gasteiger partial charge is 0.484 e. The summed E-state index contributed by atoms with van der Waals surface area (Å²) in [5, 5.41) is 4.23. The molecule has 2 rings (SSSR count). The van der Waals surface area contributed by atoms with E-state index in [0.717, 1.165) is 24.1 Å². The Kier molecular flexibility index (Phi) is 6.18. The second kappa shape index (κ2) is 8.62. The molecule has 1 N–H and O–H groups in total. The van der Waals surface area contributed by atoms with Crippen molar-refractivity contribution in [1.82, 2.24) is 5.43 Å². The molecular weight excluding hydrogens is 276 g/mol. The van der Waals surface area contributed by atoms with Crippen LogP contribution in [0.3, 0.4) is 0 Å². The molecule has 4 nitrogen and oxygen atoms in total. The van der Waals surface area contributed by atoms with Crippen LogP contribution in [0.2, 0.25) is 0 Å². The number of hydrogen-bond donors (Lipinski definition) is 1. The normalized spacial score (nSPS) is 11.0. The summed E-state index contributed by atoms with van der Waals surface area (Å²) in [7, 11) is 0. The van der Waals surface area contributed by atoms with Gasteiger partial charge >= 0.3 is 0 Å². The Morgan fingerprint density at radius 3 is 2.32 bits per heavy atom. The number of ether oxygens (including phenoxy) is 1. The number of carbonyl (C=O) groups excluding carboxylic acids is 1. The van der Waals surface area contributed by atoms with E-state index in [1.54, 1.807) is 0 Å². The molecule has 2 aromatic rings. The Morgan fingerprint density at radius 1 is 1.05 bits per heavy atom. The Hall–Kier alpha value is -2.62. The van der Waals surface area contributed by atoms with Crippen molar-refractivity contribution in [3.05, 3.63) is 66.2 Å². The zero-order valence-electron chi connectivity index (χ0n) is 12.7. The summed E-state index contributed by atoms with van der Waals surface area (Å²) in [6.45, 7) is 2.03. The standard InChI is InChI=1S/C18H20N2O2/c1-2-9-17(15-10-5-3-6-11-15)19-20-18(21)14-22-16-12-7-4-8-13-16/h3-8,10-13H,2,9,14H2,1H3,(H,20,21)/b19-17-. The summed E-state index contributed by atoms with van der Waals surface area (Å²) < 4.78 is 5.38. The van der Waals surface area contributed by atoms with E-state index in [2.05, 4.69) is 17.5 Å². The van der Waals surface area contributed by atoms with Gasteiger partial charge in [0.1, 0.15) is 5.75 Å². The van der Waals surface area contributed by atoms with Crippen molar-refractivity contribution in [2.75, 3.05) is 6.61 Å². The molecule has 22 heavy (non-hydrogen) atoms. The second-order valence-corrected chi connectivity index (χ2v) is 4.81. The molecule has 0 bridgehead atoms. The fraction of sp³-hybridized carbons (Fsp3) is 0.222. The van der Waals surface area contributed by atoms with E-state index in [1.807, 2.05) is 60.7 Å². The highest BCUT2D eigenvalue weighted by molar-refractivity contribution is 6.01. The van der Waals surface area contributed by atoms with Gasteiger partial charge in [0.05, 0.1) is 5.71 Å². The van der Waals surface area contributed by atoms with Gasteiger partial charge in [-0.05, 0) is 24.1 Å². The van der Waals surface area contributed by atoms with E-state index in [4.69, 9.17) is 4.74 Å². The molecule has 0 spiro atoms. The molecule has 0 radical (unpaired) electrons. The maximum Gasteiger partial charge on any atom is 0.277 e. The van der Waals surface area contributed by atoms with Gasteiger partial charge in [-0.15, -0.1) is 0 Å². The number of amides is 1. The third kappa shape index (κ3) is 5.05. The zero-order chi connectivity index (χ0) is 15.6. The summed E-state index contributed by atoms with van der Waals surface area (Å²) in [4.78, 5) is 11.8. The number of hydrogen-bond acceptors (Lipinski definition) is 3. The van der Waals surface area contributed by atoms with E-state index in [0.29, 0.717) is 5.75 Å². The molecular formula is C18H20N2O2. The minimum Gasteiger partial charge on any atom is -0.484 e.